The summed E-state index contributed by atoms with van der Waals surface area (Å²) in [5.74, 6) is 1.43. The summed E-state index contributed by atoms with van der Waals surface area (Å²) >= 11 is 0. The van der Waals surface area contributed by atoms with Crippen molar-refractivity contribution in [2.24, 2.45) is 0 Å². The second kappa shape index (κ2) is 5.27. The van der Waals surface area contributed by atoms with E-state index >= 15 is 0 Å². The molecule has 0 bridgehead atoms. The lowest BCUT2D eigenvalue weighted by molar-refractivity contribution is 0.174. The predicted molar refractivity (Wildman–Crippen MR) is 77.8 cm³/mol. The number of aromatic nitrogens is 4. The van der Waals surface area contributed by atoms with Gasteiger partial charge in [-0.2, -0.15) is 5.10 Å². The van der Waals surface area contributed by atoms with Gasteiger partial charge in [0.15, 0.2) is 11.5 Å². The normalized spacial score (nSPS) is 13.0. The molecule has 0 fully saturated rings. The first kappa shape index (κ1) is 13.0. The SMILES string of the molecule is OCCc1nn(Cc2cnccn2)c2cc3c(cc12)OCO3. The second-order valence-corrected chi connectivity index (χ2v) is 5.00. The van der Waals surface area contributed by atoms with Gasteiger partial charge in [0, 0.05) is 36.9 Å². The smallest absolute Gasteiger partial charge is 0.231 e. The Hall–Kier alpha value is -2.67. The van der Waals surface area contributed by atoms with E-state index in [0.29, 0.717) is 24.5 Å². The first-order chi connectivity index (χ1) is 10.8. The Labute approximate surface area is 126 Å². The van der Waals surface area contributed by atoms with E-state index in [1.807, 2.05) is 16.8 Å². The molecule has 7 nitrogen and oxygen atoms in total. The lowest BCUT2D eigenvalue weighted by Crippen LogP contribution is -2.04. The predicted octanol–water partition coefficient (Wildman–Crippen LogP) is 1.14. The number of hydrogen-bond acceptors (Lipinski definition) is 6. The van der Waals surface area contributed by atoms with Crippen molar-refractivity contribution in [3.05, 3.63) is 42.1 Å². The maximum atomic E-state index is 9.24. The Morgan fingerprint density at radius 3 is 2.82 bits per heavy atom. The third kappa shape index (κ3) is 2.15. The minimum atomic E-state index is 0.0473. The Morgan fingerprint density at radius 1 is 1.18 bits per heavy atom. The van der Waals surface area contributed by atoms with Gasteiger partial charge in [-0.1, -0.05) is 0 Å². The fraction of sp³-hybridized carbons (Fsp3) is 0.267. The fourth-order valence-electron chi connectivity index (χ4n) is 2.61. The minimum absolute atomic E-state index is 0.0473. The summed E-state index contributed by atoms with van der Waals surface area (Å²) in [6.45, 7) is 0.788. The number of fused-ring (bicyclic) bond motifs is 2. The molecule has 0 spiro atoms. The molecule has 1 aliphatic heterocycles. The molecule has 3 aromatic rings. The standard InChI is InChI=1S/C15H14N4O3/c20-4-1-12-11-5-14-15(22-9-21-14)6-13(11)19(18-12)8-10-7-16-2-3-17-10/h2-3,5-7,20H,1,4,8-9H2. The van der Waals surface area contributed by atoms with Gasteiger partial charge in [0.1, 0.15) is 0 Å². The Balaban J connectivity index is 1.83. The third-order valence-corrected chi connectivity index (χ3v) is 3.60. The molecular weight excluding hydrogens is 284 g/mol. The Bertz CT molecular complexity index is 817. The molecule has 112 valence electrons. The molecule has 0 atom stereocenters. The maximum Gasteiger partial charge on any atom is 0.231 e. The number of ether oxygens (including phenoxy) is 2. The third-order valence-electron chi connectivity index (χ3n) is 3.60. The van der Waals surface area contributed by atoms with Crippen LogP contribution in [0.5, 0.6) is 11.5 Å². The van der Waals surface area contributed by atoms with Gasteiger partial charge in [-0.15, -0.1) is 0 Å². The molecule has 0 unspecified atom stereocenters. The van der Waals surface area contributed by atoms with Crippen LogP contribution in [0.25, 0.3) is 10.9 Å². The van der Waals surface area contributed by atoms with Crippen LogP contribution in [-0.2, 0) is 13.0 Å². The van der Waals surface area contributed by atoms with Gasteiger partial charge in [-0.3, -0.25) is 14.6 Å². The summed E-state index contributed by atoms with van der Waals surface area (Å²) in [5.41, 5.74) is 2.58. The lowest BCUT2D eigenvalue weighted by atomic mass is 10.1. The number of hydrogen-bond donors (Lipinski definition) is 1. The van der Waals surface area contributed by atoms with E-state index in [9.17, 15) is 5.11 Å². The molecule has 0 saturated carbocycles. The minimum Gasteiger partial charge on any atom is -0.454 e. The van der Waals surface area contributed by atoms with Crippen molar-refractivity contribution in [3.8, 4) is 11.5 Å². The summed E-state index contributed by atoms with van der Waals surface area (Å²) in [5, 5.41) is 14.8. The van der Waals surface area contributed by atoms with Crippen molar-refractivity contribution in [2.45, 2.75) is 13.0 Å². The summed E-state index contributed by atoms with van der Waals surface area (Å²) in [6, 6.07) is 3.84. The van der Waals surface area contributed by atoms with Gasteiger partial charge < -0.3 is 14.6 Å². The zero-order valence-electron chi connectivity index (χ0n) is 11.8. The molecule has 0 radical (unpaired) electrons. The molecule has 3 heterocycles. The van der Waals surface area contributed by atoms with Crippen LogP contribution in [-0.4, -0.2) is 38.3 Å². The quantitative estimate of drug-likeness (QED) is 0.777. The molecule has 2 aromatic heterocycles. The number of nitrogens with zero attached hydrogens (tertiary/aromatic N) is 4. The molecule has 4 rings (SSSR count). The van der Waals surface area contributed by atoms with Crippen LogP contribution in [0, 0.1) is 0 Å². The molecule has 1 N–H and O–H groups in total. The summed E-state index contributed by atoms with van der Waals surface area (Å²) < 4.78 is 12.7. The molecule has 1 aliphatic rings. The van der Waals surface area contributed by atoms with Crippen LogP contribution in [0.3, 0.4) is 0 Å². The van der Waals surface area contributed by atoms with Crippen LogP contribution in [0.15, 0.2) is 30.7 Å². The monoisotopic (exact) mass is 298 g/mol. The van der Waals surface area contributed by atoms with Crippen molar-refractivity contribution in [2.75, 3.05) is 13.4 Å². The molecule has 0 saturated heterocycles. The zero-order chi connectivity index (χ0) is 14.9. The zero-order valence-corrected chi connectivity index (χ0v) is 11.8. The van der Waals surface area contributed by atoms with Gasteiger partial charge in [-0.25, -0.2) is 0 Å². The van der Waals surface area contributed by atoms with Crippen molar-refractivity contribution in [3.63, 3.8) is 0 Å². The number of aliphatic hydroxyl groups excluding tert-OH is 1. The number of benzene rings is 1. The van der Waals surface area contributed by atoms with Gasteiger partial charge in [-0.05, 0) is 6.07 Å². The van der Waals surface area contributed by atoms with Crippen LogP contribution < -0.4 is 9.47 Å². The van der Waals surface area contributed by atoms with Crippen molar-refractivity contribution in [1.82, 2.24) is 19.7 Å². The van der Waals surface area contributed by atoms with Gasteiger partial charge >= 0.3 is 0 Å². The Morgan fingerprint density at radius 2 is 2.05 bits per heavy atom. The van der Waals surface area contributed by atoms with E-state index in [-0.39, 0.29) is 13.4 Å². The fourth-order valence-corrected chi connectivity index (χ4v) is 2.61. The van der Waals surface area contributed by atoms with E-state index in [0.717, 1.165) is 22.3 Å². The highest BCUT2D eigenvalue weighted by Crippen LogP contribution is 2.37. The molecular formula is C15H14N4O3. The summed E-state index contributed by atoms with van der Waals surface area (Å²) in [6.07, 6.45) is 5.50. The van der Waals surface area contributed by atoms with Crippen molar-refractivity contribution in [1.29, 1.82) is 0 Å². The van der Waals surface area contributed by atoms with E-state index in [4.69, 9.17) is 9.47 Å². The molecule has 0 amide bonds. The molecule has 7 heteroatoms. The van der Waals surface area contributed by atoms with Gasteiger partial charge in [0.2, 0.25) is 6.79 Å². The highest BCUT2D eigenvalue weighted by Gasteiger charge is 2.19. The average Bonchev–Trinajstić information content (AvgIpc) is 3.12. The first-order valence-corrected chi connectivity index (χ1v) is 7.00. The molecule has 22 heavy (non-hydrogen) atoms. The molecule has 0 aliphatic carbocycles. The Kier molecular flexibility index (Phi) is 3.12. The average molecular weight is 298 g/mol. The van der Waals surface area contributed by atoms with Crippen molar-refractivity contribution < 1.29 is 14.6 Å². The van der Waals surface area contributed by atoms with Gasteiger partial charge in [0.05, 0.1) is 29.6 Å². The van der Waals surface area contributed by atoms with E-state index in [2.05, 4.69) is 15.1 Å². The van der Waals surface area contributed by atoms with Crippen LogP contribution in [0.2, 0.25) is 0 Å². The lowest BCUT2D eigenvalue weighted by Gasteiger charge is -2.03. The maximum absolute atomic E-state index is 9.24. The van der Waals surface area contributed by atoms with E-state index < -0.39 is 0 Å². The highest BCUT2D eigenvalue weighted by atomic mass is 16.7. The number of aliphatic hydroxyl groups is 1. The highest BCUT2D eigenvalue weighted by molar-refractivity contribution is 5.86. The summed E-state index contributed by atoms with van der Waals surface area (Å²) in [4.78, 5) is 8.35. The van der Waals surface area contributed by atoms with Crippen molar-refractivity contribution >= 4 is 10.9 Å². The topological polar surface area (TPSA) is 82.3 Å². The largest absolute Gasteiger partial charge is 0.454 e. The number of rotatable bonds is 4. The first-order valence-electron chi connectivity index (χ1n) is 7.00. The van der Waals surface area contributed by atoms with Gasteiger partial charge in [0.25, 0.3) is 0 Å². The second-order valence-electron chi connectivity index (χ2n) is 5.00. The van der Waals surface area contributed by atoms with E-state index in [1.165, 1.54) is 0 Å². The van der Waals surface area contributed by atoms with Crippen LogP contribution in [0.1, 0.15) is 11.4 Å². The molecule has 1 aromatic carbocycles. The van der Waals surface area contributed by atoms with E-state index in [1.54, 1.807) is 18.6 Å². The van der Waals surface area contributed by atoms with Crippen LogP contribution in [0.4, 0.5) is 0 Å². The van der Waals surface area contributed by atoms with Crippen LogP contribution >= 0.6 is 0 Å². The summed E-state index contributed by atoms with van der Waals surface area (Å²) in [7, 11) is 0.